The quantitative estimate of drug-likeness (QED) is 0.678. The summed E-state index contributed by atoms with van der Waals surface area (Å²) in [4.78, 5) is 17.3. The molecule has 0 atom stereocenters. The Morgan fingerprint density at radius 3 is 3.05 bits per heavy atom. The Morgan fingerprint density at radius 2 is 2.33 bits per heavy atom. The summed E-state index contributed by atoms with van der Waals surface area (Å²) < 4.78 is 5.02. The van der Waals surface area contributed by atoms with Crippen LogP contribution < -0.4 is 10.1 Å². The number of hydrogen-bond acceptors (Lipinski definition) is 6. The lowest BCUT2D eigenvalue weighted by molar-refractivity contribution is -0.384. The first-order valence-electron chi connectivity index (χ1n) is 6.71. The van der Waals surface area contributed by atoms with E-state index in [2.05, 4.69) is 16.4 Å². The number of aromatic nitrogens is 1. The minimum absolute atomic E-state index is 0.0418. The molecule has 0 spiro atoms. The van der Waals surface area contributed by atoms with Crippen LogP contribution in [0.4, 0.5) is 11.5 Å². The second-order valence-corrected chi connectivity index (χ2v) is 6.07. The van der Waals surface area contributed by atoms with Crippen molar-refractivity contribution in [2.75, 3.05) is 12.4 Å². The van der Waals surface area contributed by atoms with Gasteiger partial charge in [-0.05, 0) is 30.9 Å². The standard InChI is InChI=1S/C14H15N3O3S/c1-20-13-6-5-11(17(18)19)14(16-13)15-8-10-7-9-3-2-4-12(9)21-10/h5-7H,2-4,8H2,1H3,(H,15,16). The molecule has 1 aliphatic rings. The first-order valence-corrected chi connectivity index (χ1v) is 7.53. The Morgan fingerprint density at radius 1 is 1.48 bits per heavy atom. The fourth-order valence-corrected chi connectivity index (χ4v) is 3.67. The maximum atomic E-state index is 11.0. The zero-order chi connectivity index (χ0) is 14.8. The summed E-state index contributed by atoms with van der Waals surface area (Å²) in [7, 11) is 1.49. The van der Waals surface area contributed by atoms with Gasteiger partial charge >= 0.3 is 5.69 Å². The molecule has 21 heavy (non-hydrogen) atoms. The zero-order valence-electron chi connectivity index (χ0n) is 11.6. The van der Waals surface area contributed by atoms with Crippen LogP contribution in [0.3, 0.4) is 0 Å². The number of rotatable bonds is 5. The summed E-state index contributed by atoms with van der Waals surface area (Å²) in [6.07, 6.45) is 3.53. The lowest BCUT2D eigenvalue weighted by Gasteiger charge is -2.06. The third kappa shape index (κ3) is 2.82. The van der Waals surface area contributed by atoms with Crippen molar-refractivity contribution in [2.45, 2.75) is 25.8 Å². The highest BCUT2D eigenvalue weighted by atomic mass is 32.1. The largest absolute Gasteiger partial charge is 0.481 e. The Kier molecular flexibility index (Phi) is 3.74. The molecule has 6 nitrogen and oxygen atoms in total. The van der Waals surface area contributed by atoms with Crippen LogP contribution in [0.1, 0.15) is 21.7 Å². The highest BCUT2D eigenvalue weighted by Gasteiger charge is 2.18. The van der Waals surface area contributed by atoms with E-state index in [9.17, 15) is 10.1 Å². The van der Waals surface area contributed by atoms with Crippen LogP contribution in [-0.2, 0) is 19.4 Å². The lowest BCUT2D eigenvalue weighted by Crippen LogP contribution is -2.04. The normalized spacial score (nSPS) is 13.0. The van der Waals surface area contributed by atoms with E-state index in [1.54, 1.807) is 11.3 Å². The molecule has 0 bridgehead atoms. The maximum Gasteiger partial charge on any atom is 0.311 e. The molecule has 0 aromatic carbocycles. The number of thiophene rings is 1. The van der Waals surface area contributed by atoms with Crippen LogP contribution >= 0.6 is 11.3 Å². The maximum absolute atomic E-state index is 11.0. The Hall–Kier alpha value is -2.15. The van der Waals surface area contributed by atoms with Crippen molar-refractivity contribution >= 4 is 22.8 Å². The monoisotopic (exact) mass is 305 g/mol. The van der Waals surface area contributed by atoms with Gasteiger partial charge in [0.2, 0.25) is 11.7 Å². The number of nitro groups is 1. The van der Waals surface area contributed by atoms with Crippen LogP contribution in [0.2, 0.25) is 0 Å². The summed E-state index contributed by atoms with van der Waals surface area (Å²) in [5.74, 6) is 0.602. The minimum atomic E-state index is -0.441. The van der Waals surface area contributed by atoms with Crippen molar-refractivity contribution in [3.8, 4) is 5.88 Å². The number of pyridine rings is 1. The number of aryl methyl sites for hydroxylation is 2. The molecule has 0 unspecified atom stereocenters. The van der Waals surface area contributed by atoms with Crippen LogP contribution in [0.5, 0.6) is 5.88 Å². The number of fused-ring (bicyclic) bond motifs is 1. The van der Waals surface area contributed by atoms with Crippen molar-refractivity contribution in [3.63, 3.8) is 0 Å². The average Bonchev–Trinajstić information content (AvgIpc) is 3.05. The summed E-state index contributed by atoms with van der Waals surface area (Å²) in [6, 6.07) is 5.08. The number of methoxy groups -OCH3 is 1. The summed E-state index contributed by atoms with van der Waals surface area (Å²) in [5, 5.41) is 14.1. The molecule has 0 amide bonds. The van der Waals surface area contributed by atoms with E-state index in [0.29, 0.717) is 12.4 Å². The molecular formula is C14H15N3O3S. The molecule has 0 saturated carbocycles. The average molecular weight is 305 g/mol. The molecule has 110 valence electrons. The van der Waals surface area contributed by atoms with E-state index in [1.807, 2.05) is 0 Å². The van der Waals surface area contributed by atoms with Gasteiger partial charge < -0.3 is 10.1 Å². The molecule has 0 fully saturated rings. The van der Waals surface area contributed by atoms with Gasteiger partial charge in [-0.25, -0.2) is 0 Å². The summed E-state index contributed by atoms with van der Waals surface area (Å²) in [6.45, 7) is 0.540. The second kappa shape index (κ2) is 5.69. The molecular weight excluding hydrogens is 290 g/mol. The van der Waals surface area contributed by atoms with Crippen LogP contribution in [0.25, 0.3) is 0 Å². The summed E-state index contributed by atoms with van der Waals surface area (Å²) >= 11 is 1.77. The van der Waals surface area contributed by atoms with E-state index >= 15 is 0 Å². The van der Waals surface area contributed by atoms with Gasteiger partial charge in [0.1, 0.15) is 0 Å². The van der Waals surface area contributed by atoms with Gasteiger partial charge in [-0.2, -0.15) is 4.98 Å². The summed E-state index contributed by atoms with van der Waals surface area (Å²) in [5.41, 5.74) is 1.38. The van der Waals surface area contributed by atoms with Gasteiger partial charge in [-0.15, -0.1) is 11.3 Å². The second-order valence-electron chi connectivity index (χ2n) is 4.85. The van der Waals surface area contributed by atoms with E-state index in [4.69, 9.17) is 4.74 Å². The first-order chi connectivity index (χ1) is 10.2. The van der Waals surface area contributed by atoms with Gasteiger partial charge in [0.15, 0.2) is 0 Å². The zero-order valence-corrected chi connectivity index (χ0v) is 12.4. The molecule has 0 radical (unpaired) electrons. The Balaban J connectivity index is 1.78. The Labute approximate surface area is 125 Å². The fraction of sp³-hybridized carbons (Fsp3) is 0.357. The highest BCUT2D eigenvalue weighted by molar-refractivity contribution is 7.12. The first kappa shape index (κ1) is 13.8. The van der Waals surface area contributed by atoms with Crippen molar-refractivity contribution in [3.05, 3.63) is 43.6 Å². The number of nitrogens with zero attached hydrogens (tertiary/aromatic N) is 2. The van der Waals surface area contributed by atoms with Crippen molar-refractivity contribution in [1.82, 2.24) is 4.98 Å². The lowest BCUT2D eigenvalue weighted by atomic mass is 10.2. The molecule has 1 N–H and O–H groups in total. The molecule has 2 heterocycles. The topological polar surface area (TPSA) is 77.3 Å². The third-order valence-corrected chi connectivity index (χ3v) is 4.72. The van der Waals surface area contributed by atoms with Crippen LogP contribution in [-0.4, -0.2) is 17.0 Å². The molecule has 3 rings (SSSR count). The smallest absolute Gasteiger partial charge is 0.311 e. The predicted molar refractivity (Wildman–Crippen MR) is 81.1 cm³/mol. The van der Waals surface area contributed by atoms with Crippen LogP contribution in [0, 0.1) is 10.1 Å². The highest BCUT2D eigenvalue weighted by Crippen LogP contribution is 2.32. The van der Waals surface area contributed by atoms with E-state index < -0.39 is 4.92 Å². The number of ether oxygens (including phenoxy) is 1. The van der Waals surface area contributed by atoms with Gasteiger partial charge in [-0.3, -0.25) is 10.1 Å². The van der Waals surface area contributed by atoms with Crippen molar-refractivity contribution in [1.29, 1.82) is 0 Å². The van der Waals surface area contributed by atoms with Gasteiger partial charge in [-0.1, -0.05) is 0 Å². The molecule has 1 aliphatic carbocycles. The fourth-order valence-electron chi connectivity index (χ4n) is 2.47. The Bertz CT molecular complexity index is 663. The van der Waals surface area contributed by atoms with E-state index in [0.717, 1.165) is 12.8 Å². The molecule has 2 aromatic heterocycles. The molecule has 0 aliphatic heterocycles. The van der Waals surface area contributed by atoms with Gasteiger partial charge in [0, 0.05) is 21.9 Å². The number of nitrogens with one attached hydrogen (secondary N) is 1. The van der Waals surface area contributed by atoms with Crippen molar-refractivity contribution < 1.29 is 9.66 Å². The van der Waals surface area contributed by atoms with E-state index in [-0.39, 0.29) is 11.5 Å². The SMILES string of the molecule is COc1ccc([N+](=O)[O-])c(NCc2cc3c(s2)CCC3)n1. The molecule has 0 saturated heterocycles. The van der Waals surface area contributed by atoms with Crippen molar-refractivity contribution in [2.24, 2.45) is 0 Å². The minimum Gasteiger partial charge on any atom is -0.481 e. The molecule has 7 heteroatoms. The van der Waals surface area contributed by atoms with E-state index in [1.165, 1.54) is 41.0 Å². The van der Waals surface area contributed by atoms with Gasteiger partial charge in [0.25, 0.3) is 0 Å². The number of anilines is 1. The van der Waals surface area contributed by atoms with Gasteiger partial charge in [0.05, 0.1) is 18.6 Å². The predicted octanol–water partition coefficient (Wildman–Crippen LogP) is 3.16. The molecule has 2 aromatic rings. The third-order valence-electron chi connectivity index (χ3n) is 3.48. The number of hydrogen-bond donors (Lipinski definition) is 1. The van der Waals surface area contributed by atoms with Crippen LogP contribution in [0.15, 0.2) is 18.2 Å².